The van der Waals surface area contributed by atoms with E-state index in [4.69, 9.17) is 16.3 Å². The van der Waals surface area contributed by atoms with E-state index < -0.39 is 0 Å². The first-order valence-corrected chi connectivity index (χ1v) is 10.9. The van der Waals surface area contributed by atoms with Gasteiger partial charge in [-0.05, 0) is 56.5 Å². The molecule has 0 amide bonds. The van der Waals surface area contributed by atoms with Crippen LogP contribution in [0.5, 0.6) is 0 Å². The molecule has 0 N–H and O–H groups in total. The van der Waals surface area contributed by atoms with Gasteiger partial charge in [-0.1, -0.05) is 35.7 Å². The highest BCUT2D eigenvalue weighted by Gasteiger charge is 2.26. The molecular weight excluding hydrogens is 422 g/mol. The number of hydrogen-bond acceptors (Lipinski definition) is 4. The third-order valence-corrected chi connectivity index (χ3v) is 5.70. The lowest BCUT2D eigenvalue weighted by atomic mass is 10.1. The molecular formula is C25H22ClN5O. The van der Waals surface area contributed by atoms with Crippen molar-refractivity contribution in [3.8, 4) is 28.9 Å². The van der Waals surface area contributed by atoms with Crippen LogP contribution in [0.2, 0.25) is 5.02 Å². The van der Waals surface area contributed by atoms with Gasteiger partial charge in [-0.15, -0.1) is 10.2 Å². The maximum atomic E-state index is 6.34. The highest BCUT2D eigenvalue weighted by atomic mass is 35.5. The third-order valence-electron chi connectivity index (χ3n) is 5.47. The quantitative estimate of drug-likeness (QED) is 0.376. The normalized spacial score (nSPS) is 11.9. The predicted molar refractivity (Wildman–Crippen MR) is 124 cm³/mol. The van der Waals surface area contributed by atoms with Gasteiger partial charge in [-0.3, -0.25) is 4.57 Å². The van der Waals surface area contributed by atoms with Crippen LogP contribution in [0.15, 0.2) is 48.8 Å². The van der Waals surface area contributed by atoms with Crippen molar-refractivity contribution in [1.29, 1.82) is 0 Å². The van der Waals surface area contributed by atoms with E-state index in [1.165, 1.54) is 0 Å². The topological polar surface area (TPSA) is 57.8 Å². The summed E-state index contributed by atoms with van der Waals surface area (Å²) < 4.78 is 9.95. The van der Waals surface area contributed by atoms with Gasteiger partial charge in [0.05, 0.1) is 24.0 Å². The molecule has 32 heavy (non-hydrogen) atoms. The predicted octanol–water partition coefficient (Wildman–Crippen LogP) is 4.78. The summed E-state index contributed by atoms with van der Waals surface area (Å²) >= 11 is 6.34. The number of fused-ring (bicyclic) bond motifs is 5. The Bertz CT molecular complexity index is 1370. The van der Waals surface area contributed by atoms with E-state index in [0.717, 1.165) is 45.4 Å². The van der Waals surface area contributed by atoms with Crippen LogP contribution in [0.4, 0.5) is 0 Å². The molecule has 1 aliphatic heterocycles. The van der Waals surface area contributed by atoms with Gasteiger partial charge in [-0.25, -0.2) is 4.98 Å². The fraction of sp³-hybridized carbons (Fsp3) is 0.240. The summed E-state index contributed by atoms with van der Waals surface area (Å²) in [5, 5.41) is 9.53. The average molecular weight is 444 g/mol. The Morgan fingerprint density at radius 3 is 2.78 bits per heavy atom. The van der Waals surface area contributed by atoms with Gasteiger partial charge in [0.15, 0.2) is 11.6 Å². The molecule has 5 rings (SSSR count). The smallest absolute Gasteiger partial charge is 0.166 e. The summed E-state index contributed by atoms with van der Waals surface area (Å²) in [6.07, 6.45) is 1.91. The number of aryl methyl sites for hydroxylation is 1. The van der Waals surface area contributed by atoms with Gasteiger partial charge >= 0.3 is 0 Å². The second-order valence-corrected chi connectivity index (χ2v) is 8.46. The van der Waals surface area contributed by atoms with Crippen LogP contribution in [-0.4, -0.2) is 30.4 Å². The lowest BCUT2D eigenvalue weighted by molar-refractivity contribution is 0.0595. The van der Waals surface area contributed by atoms with Crippen LogP contribution < -0.4 is 0 Å². The number of ether oxygens (including phenoxy) is 1. The molecule has 160 valence electrons. The molecule has 0 radical (unpaired) electrons. The minimum absolute atomic E-state index is 0.0940. The number of imidazole rings is 1. The maximum Gasteiger partial charge on any atom is 0.166 e. The highest BCUT2D eigenvalue weighted by molar-refractivity contribution is 6.31. The second kappa shape index (κ2) is 8.27. The molecule has 2 aromatic carbocycles. The van der Waals surface area contributed by atoms with Crippen LogP contribution in [0.25, 0.3) is 17.1 Å². The standard InChI is InChI=1S/C25H22ClN5O/c1-16(2)32-14-24-28-29-25-20-12-19(26)9-11-22(20)31-15-27-21(23(31)13-30(24)25)10-8-18-7-5-4-6-17(18)3/h4-7,9,11-12,15-16H,13-14H2,1-3H3. The number of halogens is 1. The molecule has 7 heteroatoms. The molecule has 3 heterocycles. The molecule has 0 spiro atoms. The summed E-state index contributed by atoms with van der Waals surface area (Å²) in [5.41, 5.74) is 5.68. The lowest BCUT2D eigenvalue weighted by Crippen LogP contribution is -2.11. The number of benzene rings is 2. The summed E-state index contributed by atoms with van der Waals surface area (Å²) in [4.78, 5) is 4.64. The molecule has 0 fully saturated rings. The average Bonchev–Trinajstić information content (AvgIpc) is 3.33. The zero-order chi connectivity index (χ0) is 22.2. The van der Waals surface area contributed by atoms with E-state index in [0.29, 0.717) is 18.2 Å². The second-order valence-electron chi connectivity index (χ2n) is 8.02. The van der Waals surface area contributed by atoms with Crippen molar-refractivity contribution in [3.63, 3.8) is 0 Å². The van der Waals surface area contributed by atoms with Gasteiger partial charge in [0.2, 0.25) is 0 Å². The van der Waals surface area contributed by atoms with E-state index in [2.05, 4.69) is 49.1 Å². The fourth-order valence-electron chi connectivity index (χ4n) is 3.77. The van der Waals surface area contributed by atoms with E-state index in [9.17, 15) is 0 Å². The molecule has 0 saturated carbocycles. The Kier molecular flexibility index (Phi) is 5.30. The summed E-state index contributed by atoms with van der Waals surface area (Å²) in [6, 6.07) is 13.9. The number of rotatable bonds is 3. The number of hydrogen-bond donors (Lipinski definition) is 0. The van der Waals surface area contributed by atoms with Crippen molar-refractivity contribution in [2.45, 2.75) is 40.0 Å². The lowest BCUT2D eigenvalue weighted by Gasteiger charge is -2.10. The van der Waals surface area contributed by atoms with E-state index >= 15 is 0 Å². The Labute approximate surface area is 191 Å². The van der Waals surface area contributed by atoms with Crippen LogP contribution in [-0.2, 0) is 17.9 Å². The molecule has 0 bridgehead atoms. The van der Waals surface area contributed by atoms with Gasteiger partial charge < -0.3 is 9.30 Å². The van der Waals surface area contributed by atoms with E-state index in [1.807, 2.05) is 56.6 Å². The van der Waals surface area contributed by atoms with Crippen LogP contribution in [0, 0.1) is 18.8 Å². The van der Waals surface area contributed by atoms with Crippen LogP contribution in [0.1, 0.15) is 42.2 Å². The fourth-order valence-corrected chi connectivity index (χ4v) is 3.94. The van der Waals surface area contributed by atoms with Crippen molar-refractivity contribution in [2.75, 3.05) is 0 Å². The number of nitrogens with zero attached hydrogens (tertiary/aromatic N) is 5. The highest BCUT2D eigenvalue weighted by Crippen LogP contribution is 2.34. The van der Waals surface area contributed by atoms with E-state index in [1.54, 1.807) is 0 Å². The van der Waals surface area contributed by atoms with Crippen molar-refractivity contribution in [1.82, 2.24) is 24.3 Å². The molecule has 1 aliphatic rings. The summed E-state index contributed by atoms with van der Waals surface area (Å²) in [7, 11) is 0. The van der Waals surface area contributed by atoms with Crippen molar-refractivity contribution < 1.29 is 4.74 Å². The first-order chi connectivity index (χ1) is 15.5. The Balaban J connectivity index is 1.65. The monoisotopic (exact) mass is 443 g/mol. The zero-order valence-corrected chi connectivity index (χ0v) is 18.9. The summed E-state index contributed by atoms with van der Waals surface area (Å²) in [5.74, 6) is 8.07. The Hall–Kier alpha value is -3.40. The molecule has 6 nitrogen and oxygen atoms in total. The van der Waals surface area contributed by atoms with Crippen LogP contribution >= 0.6 is 11.6 Å². The molecule has 4 aromatic rings. The Morgan fingerprint density at radius 1 is 1.12 bits per heavy atom. The van der Waals surface area contributed by atoms with Crippen molar-refractivity contribution >= 4 is 11.6 Å². The largest absolute Gasteiger partial charge is 0.371 e. The zero-order valence-electron chi connectivity index (χ0n) is 18.1. The first kappa shape index (κ1) is 20.5. The minimum atomic E-state index is 0.0940. The molecule has 0 aliphatic carbocycles. The van der Waals surface area contributed by atoms with Gasteiger partial charge in [0, 0.05) is 16.1 Å². The van der Waals surface area contributed by atoms with Gasteiger partial charge in [0.25, 0.3) is 0 Å². The third kappa shape index (κ3) is 3.70. The number of aromatic nitrogens is 5. The first-order valence-electron chi connectivity index (χ1n) is 10.5. The molecule has 2 aromatic heterocycles. The van der Waals surface area contributed by atoms with Crippen molar-refractivity contribution in [2.24, 2.45) is 0 Å². The van der Waals surface area contributed by atoms with E-state index in [-0.39, 0.29) is 6.10 Å². The van der Waals surface area contributed by atoms with Gasteiger partial charge in [-0.2, -0.15) is 0 Å². The molecule has 0 saturated heterocycles. The maximum absolute atomic E-state index is 6.34. The Morgan fingerprint density at radius 2 is 1.97 bits per heavy atom. The SMILES string of the molecule is Cc1ccccc1C#Cc1ncn2c1Cn1c(COC(C)C)nnc1-c1cc(Cl)ccc1-2. The molecule has 0 unspecified atom stereocenters. The van der Waals surface area contributed by atoms with Gasteiger partial charge in [0.1, 0.15) is 18.6 Å². The molecule has 0 atom stereocenters. The van der Waals surface area contributed by atoms with Crippen LogP contribution in [0.3, 0.4) is 0 Å². The summed E-state index contributed by atoms with van der Waals surface area (Å²) in [6.45, 7) is 6.97. The van der Waals surface area contributed by atoms with Crippen molar-refractivity contribution in [3.05, 3.63) is 82.2 Å². The minimum Gasteiger partial charge on any atom is -0.371 e.